The lowest BCUT2D eigenvalue weighted by atomic mass is 10.2. The summed E-state index contributed by atoms with van der Waals surface area (Å²) in [6.07, 6.45) is 2.82. The average molecular weight is 311 g/mol. The zero-order valence-corrected chi connectivity index (χ0v) is 12.4. The van der Waals surface area contributed by atoms with E-state index >= 15 is 0 Å². The van der Waals surface area contributed by atoms with Crippen LogP contribution < -0.4 is 5.56 Å². The monoisotopic (exact) mass is 311 g/mol. The van der Waals surface area contributed by atoms with E-state index in [4.69, 9.17) is 0 Å². The number of hydrogen-bond donors (Lipinski definition) is 0. The summed E-state index contributed by atoms with van der Waals surface area (Å²) in [6.45, 7) is 0.0719. The van der Waals surface area contributed by atoms with Crippen molar-refractivity contribution in [3.63, 3.8) is 0 Å². The zero-order chi connectivity index (χ0) is 16.4. The second-order valence-electron chi connectivity index (χ2n) is 5.16. The van der Waals surface area contributed by atoms with Crippen molar-refractivity contribution >= 4 is 11.6 Å². The first-order valence-electron chi connectivity index (χ1n) is 7.03. The summed E-state index contributed by atoms with van der Waals surface area (Å²) >= 11 is 0. The lowest BCUT2D eigenvalue weighted by molar-refractivity contribution is 0.0781. The quantitative estimate of drug-likeness (QED) is 0.744. The standard InChI is InChI=1S/C17H14FN3O2/c1-20(11-12-6-2-3-7-14(12)18)16(22)13-10-19-15-8-4-5-9-21(15)17(13)23/h2-10H,11H2,1H3. The van der Waals surface area contributed by atoms with Gasteiger partial charge in [0.05, 0.1) is 0 Å². The number of pyridine rings is 1. The third kappa shape index (κ3) is 2.83. The van der Waals surface area contributed by atoms with E-state index in [1.165, 1.54) is 28.6 Å². The van der Waals surface area contributed by atoms with Gasteiger partial charge in [-0.3, -0.25) is 14.0 Å². The minimum Gasteiger partial charge on any atom is -0.337 e. The van der Waals surface area contributed by atoms with Gasteiger partial charge >= 0.3 is 0 Å². The minimum absolute atomic E-state index is 0.0486. The third-order valence-electron chi connectivity index (χ3n) is 3.56. The smallest absolute Gasteiger partial charge is 0.270 e. The molecule has 0 N–H and O–H groups in total. The molecule has 0 bridgehead atoms. The van der Waals surface area contributed by atoms with Crippen LogP contribution in [0.25, 0.3) is 5.65 Å². The molecule has 23 heavy (non-hydrogen) atoms. The van der Waals surface area contributed by atoms with E-state index in [0.29, 0.717) is 11.2 Å². The largest absolute Gasteiger partial charge is 0.337 e. The molecule has 0 saturated carbocycles. The van der Waals surface area contributed by atoms with Crippen LogP contribution in [0.4, 0.5) is 4.39 Å². The summed E-state index contributed by atoms with van der Waals surface area (Å²) in [6, 6.07) is 11.3. The van der Waals surface area contributed by atoms with Crippen molar-refractivity contribution in [2.45, 2.75) is 6.54 Å². The number of fused-ring (bicyclic) bond motifs is 1. The highest BCUT2D eigenvalue weighted by Crippen LogP contribution is 2.10. The molecule has 0 aliphatic heterocycles. The maximum absolute atomic E-state index is 13.7. The molecule has 3 aromatic rings. The SMILES string of the molecule is CN(Cc1ccccc1F)C(=O)c1cnc2ccccn2c1=O. The molecule has 1 aromatic carbocycles. The molecule has 0 aliphatic carbocycles. The number of benzene rings is 1. The molecule has 1 amide bonds. The van der Waals surface area contributed by atoms with Crippen LogP contribution >= 0.6 is 0 Å². The van der Waals surface area contributed by atoms with Crippen LogP contribution in [0.15, 0.2) is 59.7 Å². The molecule has 0 unspecified atom stereocenters. The van der Waals surface area contributed by atoms with Crippen molar-refractivity contribution in [2.75, 3.05) is 7.05 Å². The summed E-state index contributed by atoms with van der Waals surface area (Å²) < 4.78 is 15.0. The minimum atomic E-state index is -0.496. The Morgan fingerprint density at radius 3 is 2.74 bits per heavy atom. The summed E-state index contributed by atoms with van der Waals surface area (Å²) in [5.41, 5.74) is 0.358. The topological polar surface area (TPSA) is 54.7 Å². The highest BCUT2D eigenvalue weighted by Gasteiger charge is 2.18. The van der Waals surface area contributed by atoms with Gasteiger partial charge in [0.25, 0.3) is 11.5 Å². The number of carbonyl (C=O) groups is 1. The van der Waals surface area contributed by atoms with Crippen LogP contribution in [-0.4, -0.2) is 27.2 Å². The Morgan fingerprint density at radius 1 is 1.22 bits per heavy atom. The third-order valence-corrected chi connectivity index (χ3v) is 3.56. The summed E-state index contributed by atoms with van der Waals surface area (Å²) in [5.74, 6) is -0.885. The second-order valence-corrected chi connectivity index (χ2v) is 5.16. The van der Waals surface area contributed by atoms with E-state index in [1.807, 2.05) is 0 Å². The number of aromatic nitrogens is 2. The molecule has 116 valence electrons. The number of rotatable bonds is 3. The Bertz CT molecular complexity index is 936. The van der Waals surface area contributed by atoms with Gasteiger partial charge in [0.1, 0.15) is 17.0 Å². The van der Waals surface area contributed by atoms with Gasteiger partial charge in [-0.2, -0.15) is 0 Å². The predicted octanol–water partition coefficient (Wildman–Crippen LogP) is 2.11. The maximum atomic E-state index is 13.7. The molecule has 0 aliphatic rings. The fourth-order valence-corrected chi connectivity index (χ4v) is 2.33. The predicted molar refractivity (Wildman–Crippen MR) is 83.7 cm³/mol. The van der Waals surface area contributed by atoms with Crippen molar-refractivity contribution in [3.05, 3.63) is 82.2 Å². The molecule has 0 saturated heterocycles. The Labute approximate surface area is 131 Å². The normalized spacial score (nSPS) is 10.7. The van der Waals surface area contributed by atoms with Gasteiger partial charge < -0.3 is 4.90 Å². The van der Waals surface area contributed by atoms with E-state index in [2.05, 4.69) is 4.98 Å². The first kappa shape index (κ1) is 14.9. The van der Waals surface area contributed by atoms with Gasteiger partial charge in [-0.25, -0.2) is 9.37 Å². The van der Waals surface area contributed by atoms with E-state index in [0.717, 1.165) is 0 Å². The van der Waals surface area contributed by atoms with Crippen molar-refractivity contribution in [3.8, 4) is 0 Å². The highest BCUT2D eigenvalue weighted by atomic mass is 19.1. The molecular weight excluding hydrogens is 297 g/mol. The fourth-order valence-electron chi connectivity index (χ4n) is 2.33. The maximum Gasteiger partial charge on any atom is 0.270 e. The van der Waals surface area contributed by atoms with Crippen molar-refractivity contribution < 1.29 is 9.18 Å². The lowest BCUT2D eigenvalue weighted by Gasteiger charge is -2.17. The van der Waals surface area contributed by atoms with Crippen LogP contribution in [-0.2, 0) is 6.54 Å². The van der Waals surface area contributed by atoms with Crippen LogP contribution in [0.2, 0.25) is 0 Å². The average Bonchev–Trinajstić information content (AvgIpc) is 2.57. The molecule has 0 spiro atoms. The zero-order valence-electron chi connectivity index (χ0n) is 12.4. The van der Waals surface area contributed by atoms with Gasteiger partial charge in [0.2, 0.25) is 0 Å². The highest BCUT2D eigenvalue weighted by molar-refractivity contribution is 5.93. The molecule has 2 aromatic heterocycles. The second kappa shape index (κ2) is 6.00. The van der Waals surface area contributed by atoms with Gasteiger partial charge in [0.15, 0.2) is 0 Å². The molecule has 3 rings (SSSR count). The van der Waals surface area contributed by atoms with E-state index < -0.39 is 11.5 Å². The molecule has 0 fully saturated rings. The van der Waals surface area contributed by atoms with Gasteiger partial charge in [0, 0.05) is 31.5 Å². The van der Waals surface area contributed by atoms with Gasteiger partial charge in [-0.1, -0.05) is 24.3 Å². The van der Waals surface area contributed by atoms with E-state index in [1.54, 1.807) is 42.6 Å². The number of hydrogen-bond acceptors (Lipinski definition) is 3. The number of nitrogens with zero attached hydrogens (tertiary/aromatic N) is 3. The molecule has 5 nitrogen and oxygen atoms in total. The summed E-state index contributed by atoms with van der Waals surface area (Å²) in [4.78, 5) is 30.3. The Hall–Kier alpha value is -3.02. The van der Waals surface area contributed by atoms with Gasteiger partial charge in [-0.05, 0) is 18.2 Å². The van der Waals surface area contributed by atoms with E-state index in [9.17, 15) is 14.0 Å². The number of halogens is 1. The number of carbonyl (C=O) groups excluding carboxylic acids is 1. The molecule has 0 radical (unpaired) electrons. The first-order chi connectivity index (χ1) is 11.1. The van der Waals surface area contributed by atoms with Crippen molar-refractivity contribution in [2.24, 2.45) is 0 Å². The lowest BCUT2D eigenvalue weighted by Crippen LogP contribution is -2.33. The van der Waals surface area contributed by atoms with Crippen LogP contribution in [0.5, 0.6) is 0 Å². The van der Waals surface area contributed by atoms with Crippen molar-refractivity contribution in [1.82, 2.24) is 14.3 Å². The fraction of sp³-hybridized carbons (Fsp3) is 0.118. The van der Waals surface area contributed by atoms with E-state index in [-0.39, 0.29) is 17.9 Å². The Morgan fingerprint density at radius 2 is 1.96 bits per heavy atom. The van der Waals surface area contributed by atoms with Crippen LogP contribution in [0, 0.1) is 5.82 Å². The summed E-state index contributed by atoms with van der Waals surface area (Å²) in [7, 11) is 1.52. The van der Waals surface area contributed by atoms with Crippen LogP contribution in [0.1, 0.15) is 15.9 Å². The molecule has 2 heterocycles. The molecule has 0 atom stereocenters. The molecule has 6 heteroatoms. The molecular formula is C17H14FN3O2. The van der Waals surface area contributed by atoms with Crippen LogP contribution in [0.3, 0.4) is 0 Å². The first-order valence-corrected chi connectivity index (χ1v) is 7.03. The van der Waals surface area contributed by atoms with Gasteiger partial charge in [-0.15, -0.1) is 0 Å². The Balaban J connectivity index is 1.92. The Kier molecular flexibility index (Phi) is 3.89. The number of amides is 1. The summed E-state index contributed by atoms with van der Waals surface area (Å²) in [5, 5.41) is 0. The van der Waals surface area contributed by atoms with Crippen molar-refractivity contribution in [1.29, 1.82) is 0 Å².